The molecule has 0 spiro atoms. The van der Waals surface area contributed by atoms with E-state index in [9.17, 15) is 4.79 Å². The lowest BCUT2D eigenvalue weighted by Gasteiger charge is -2.14. The molecule has 3 nitrogen and oxygen atoms in total. The monoisotopic (exact) mass is 127 g/mol. The highest BCUT2D eigenvalue weighted by atomic mass is 16.5. The highest BCUT2D eigenvalue weighted by Crippen LogP contribution is 1.94. The van der Waals surface area contributed by atoms with E-state index in [2.05, 4.69) is 10.1 Å². The van der Waals surface area contributed by atoms with E-state index in [-0.39, 0.29) is 6.10 Å². The van der Waals surface area contributed by atoms with Crippen molar-refractivity contribution in [2.24, 2.45) is 0 Å². The van der Waals surface area contributed by atoms with Gasteiger partial charge in [-0.2, -0.15) is 0 Å². The van der Waals surface area contributed by atoms with Crippen molar-refractivity contribution in [1.82, 2.24) is 5.32 Å². The van der Waals surface area contributed by atoms with Gasteiger partial charge in [0.15, 0.2) is 0 Å². The van der Waals surface area contributed by atoms with E-state index in [0.29, 0.717) is 6.47 Å². The summed E-state index contributed by atoms with van der Waals surface area (Å²) in [6.45, 7) is 2.08. The fourth-order valence-electron chi connectivity index (χ4n) is 0.762. The van der Waals surface area contributed by atoms with Gasteiger partial charge in [-0.25, -0.2) is 0 Å². The van der Waals surface area contributed by atoms with Crippen LogP contribution in [0.25, 0.3) is 0 Å². The van der Waals surface area contributed by atoms with E-state index >= 15 is 0 Å². The summed E-state index contributed by atoms with van der Waals surface area (Å²) in [4.78, 5) is 9.79. The van der Waals surface area contributed by atoms with E-state index in [0.717, 1.165) is 13.1 Å². The van der Waals surface area contributed by atoms with Crippen molar-refractivity contribution in [2.75, 3.05) is 13.1 Å². The fourth-order valence-corrected chi connectivity index (χ4v) is 0.762. The minimum absolute atomic E-state index is 0.0590. The van der Waals surface area contributed by atoms with Crippen molar-refractivity contribution in [3.05, 3.63) is 12.2 Å². The van der Waals surface area contributed by atoms with Crippen LogP contribution in [0.1, 0.15) is 0 Å². The number of carbonyl (C=O) groups excluding carboxylic acids is 1. The third-order valence-electron chi connectivity index (χ3n) is 1.19. The molecule has 1 unspecified atom stereocenters. The van der Waals surface area contributed by atoms with E-state index in [4.69, 9.17) is 0 Å². The Bertz CT molecular complexity index is 122. The lowest BCUT2D eigenvalue weighted by atomic mass is 10.2. The lowest BCUT2D eigenvalue weighted by Crippen LogP contribution is -2.31. The van der Waals surface area contributed by atoms with Crippen LogP contribution in [0.2, 0.25) is 0 Å². The van der Waals surface area contributed by atoms with Gasteiger partial charge in [0, 0.05) is 13.1 Å². The van der Waals surface area contributed by atoms with Gasteiger partial charge in [-0.3, -0.25) is 4.79 Å². The molecule has 1 rings (SSSR count). The molecular formula is C6H9NO2. The molecule has 1 N–H and O–H groups in total. The van der Waals surface area contributed by atoms with E-state index < -0.39 is 0 Å². The molecule has 1 heterocycles. The Kier molecular flexibility index (Phi) is 2.27. The van der Waals surface area contributed by atoms with E-state index in [1.807, 2.05) is 12.2 Å². The third-order valence-corrected chi connectivity index (χ3v) is 1.19. The first-order chi connectivity index (χ1) is 4.43. The van der Waals surface area contributed by atoms with Gasteiger partial charge in [0.1, 0.15) is 6.10 Å². The molecule has 0 fully saturated rings. The van der Waals surface area contributed by atoms with Crippen molar-refractivity contribution < 1.29 is 9.53 Å². The Morgan fingerprint density at radius 1 is 1.78 bits per heavy atom. The van der Waals surface area contributed by atoms with Crippen molar-refractivity contribution in [2.45, 2.75) is 6.10 Å². The summed E-state index contributed by atoms with van der Waals surface area (Å²) >= 11 is 0. The molecule has 0 aliphatic carbocycles. The first-order valence-corrected chi connectivity index (χ1v) is 2.90. The summed E-state index contributed by atoms with van der Waals surface area (Å²) in [5, 5.41) is 3.05. The molecule has 0 bridgehead atoms. The average molecular weight is 127 g/mol. The van der Waals surface area contributed by atoms with E-state index in [1.54, 1.807) is 0 Å². The highest BCUT2D eigenvalue weighted by Gasteiger charge is 2.05. The smallest absolute Gasteiger partial charge is 0.293 e. The minimum Gasteiger partial charge on any atom is -0.459 e. The highest BCUT2D eigenvalue weighted by molar-refractivity contribution is 5.38. The Morgan fingerprint density at radius 3 is 3.22 bits per heavy atom. The van der Waals surface area contributed by atoms with Crippen molar-refractivity contribution in [3.8, 4) is 0 Å². The van der Waals surface area contributed by atoms with Crippen LogP contribution < -0.4 is 5.32 Å². The van der Waals surface area contributed by atoms with Crippen LogP contribution in [-0.4, -0.2) is 25.7 Å². The standard InChI is InChI=1S/C6H9NO2/c8-5-9-6-2-1-3-7-4-6/h1-2,5-7H,3-4H2. The fraction of sp³-hybridized carbons (Fsp3) is 0.500. The first kappa shape index (κ1) is 6.29. The van der Waals surface area contributed by atoms with Crippen molar-refractivity contribution in [3.63, 3.8) is 0 Å². The van der Waals surface area contributed by atoms with Crippen LogP contribution >= 0.6 is 0 Å². The maximum atomic E-state index is 9.79. The number of nitrogens with one attached hydrogen (secondary N) is 1. The van der Waals surface area contributed by atoms with Gasteiger partial charge in [0.2, 0.25) is 0 Å². The molecular weight excluding hydrogens is 118 g/mol. The molecule has 0 saturated carbocycles. The molecule has 50 valence electrons. The van der Waals surface area contributed by atoms with Crippen LogP contribution in [0.5, 0.6) is 0 Å². The summed E-state index contributed by atoms with van der Waals surface area (Å²) in [6.07, 6.45) is 3.76. The molecule has 0 saturated heterocycles. The van der Waals surface area contributed by atoms with Gasteiger partial charge in [0.25, 0.3) is 6.47 Å². The summed E-state index contributed by atoms with van der Waals surface area (Å²) in [5.41, 5.74) is 0. The topological polar surface area (TPSA) is 38.3 Å². The van der Waals surface area contributed by atoms with Crippen molar-refractivity contribution in [1.29, 1.82) is 0 Å². The average Bonchev–Trinajstić information content (AvgIpc) is 1.91. The Balaban J connectivity index is 2.31. The predicted octanol–water partition coefficient (Wildman–Crippen LogP) is -0.313. The zero-order valence-corrected chi connectivity index (χ0v) is 5.04. The molecule has 0 aromatic carbocycles. The maximum Gasteiger partial charge on any atom is 0.293 e. The molecule has 1 aliphatic heterocycles. The molecule has 0 radical (unpaired) electrons. The summed E-state index contributed by atoms with van der Waals surface area (Å²) < 4.78 is 4.65. The summed E-state index contributed by atoms with van der Waals surface area (Å²) in [5.74, 6) is 0. The molecule has 1 aliphatic rings. The normalized spacial score (nSPS) is 25.6. The zero-order chi connectivity index (χ0) is 6.53. The number of hydrogen-bond acceptors (Lipinski definition) is 3. The molecule has 0 aromatic rings. The number of carbonyl (C=O) groups is 1. The largest absolute Gasteiger partial charge is 0.459 e. The number of ether oxygens (including phenoxy) is 1. The van der Waals surface area contributed by atoms with E-state index in [1.165, 1.54) is 0 Å². The van der Waals surface area contributed by atoms with Gasteiger partial charge in [-0.05, 0) is 6.08 Å². The molecule has 3 heteroatoms. The van der Waals surface area contributed by atoms with Crippen LogP contribution in [0.4, 0.5) is 0 Å². The van der Waals surface area contributed by atoms with Gasteiger partial charge in [0.05, 0.1) is 0 Å². The van der Waals surface area contributed by atoms with Gasteiger partial charge >= 0.3 is 0 Å². The maximum absolute atomic E-state index is 9.79. The summed E-state index contributed by atoms with van der Waals surface area (Å²) in [7, 11) is 0. The number of hydrogen-bond donors (Lipinski definition) is 1. The van der Waals surface area contributed by atoms with Crippen LogP contribution in [0.3, 0.4) is 0 Å². The van der Waals surface area contributed by atoms with Gasteiger partial charge < -0.3 is 10.1 Å². The second-order valence-electron chi connectivity index (χ2n) is 1.86. The lowest BCUT2D eigenvalue weighted by molar-refractivity contribution is -0.131. The Hall–Kier alpha value is -0.830. The summed E-state index contributed by atoms with van der Waals surface area (Å²) in [6, 6.07) is 0. The second kappa shape index (κ2) is 3.25. The number of rotatable bonds is 2. The van der Waals surface area contributed by atoms with Crippen LogP contribution in [-0.2, 0) is 9.53 Å². The van der Waals surface area contributed by atoms with Gasteiger partial charge in [-0.15, -0.1) is 0 Å². The van der Waals surface area contributed by atoms with Gasteiger partial charge in [-0.1, -0.05) is 6.08 Å². The Morgan fingerprint density at radius 2 is 2.67 bits per heavy atom. The quantitative estimate of drug-likeness (QED) is 0.408. The molecule has 0 amide bonds. The predicted molar refractivity (Wildman–Crippen MR) is 32.9 cm³/mol. The SMILES string of the molecule is O=COC1C=CCNC1. The van der Waals surface area contributed by atoms with Crippen LogP contribution in [0.15, 0.2) is 12.2 Å². The molecule has 1 atom stereocenters. The Labute approximate surface area is 53.7 Å². The molecule has 0 aromatic heterocycles. The minimum atomic E-state index is -0.0590. The third kappa shape index (κ3) is 1.85. The zero-order valence-electron chi connectivity index (χ0n) is 5.04. The van der Waals surface area contributed by atoms with Crippen molar-refractivity contribution >= 4 is 6.47 Å². The first-order valence-electron chi connectivity index (χ1n) is 2.90. The second-order valence-corrected chi connectivity index (χ2v) is 1.86. The molecule has 9 heavy (non-hydrogen) atoms. The van der Waals surface area contributed by atoms with Crippen LogP contribution in [0, 0.1) is 0 Å².